The maximum absolute atomic E-state index is 13.4. The summed E-state index contributed by atoms with van der Waals surface area (Å²) in [6, 6.07) is 11.2. The van der Waals surface area contributed by atoms with E-state index in [4.69, 9.17) is 4.98 Å². The second-order valence-corrected chi connectivity index (χ2v) is 6.90. The van der Waals surface area contributed by atoms with Crippen LogP contribution in [0.3, 0.4) is 0 Å². The molecule has 1 aromatic heterocycles. The van der Waals surface area contributed by atoms with Gasteiger partial charge in [-0.1, -0.05) is 30.9 Å². The molecule has 0 aliphatic carbocycles. The molecule has 1 aromatic carbocycles. The Hall–Kier alpha value is -2.26. The Bertz CT molecular complexity index is 879. The number of hydrogen-bond acceptors (Lipinski definition) is 2. The summed E-state index contributed by atoms with van der Waals surface area (Å²) in [4.78, 5) is 4.92. The second kappa shape index (κ2) is 8.91. The third-order valence-corrected chi connectivity index (χ3v) is 5.02. The van der Waals surface area contributed by atoms with Crippen molar-refractivity contribution in [1.82, 2.24) is 10.3 Å². The summed E-state index contributed by atoms with van der Waals surface area (Å²) in [6.45, 7) is 8.15. The average molecular weight is 350 g/mol. The molecule has 1 aliphatic heterocycles. The van der Waals surface area contributed by atoms with Gasteiger partial charge in [-0.3, -0.25) is 4.98 Å². The minimum atomic E-state index is -0.241. The molecule has 2 nitrogen and oxygen atoms in total. The Kier molecular flexibility index (Phi) is 6.35. The molecular formula is C23H27FN2. The van der Waals surface area contributed by atoms with Crippen molar-refractivity contribution in [3.8, 4) is 0 Å². The number of nitrogens with one attached hydrogen (secondary N) is 1. The number of rotatable bonds is 5. The molecule has 0 atom stereocenters. The highest BCUT2D eigenvalue weighted by Gasteiger charge is 2.16. The van der Waals surface area contributed by atoms with Crippen LogP contribution in [0.2, 0.25) is 0 Å². The van der Waals surface area contributed by atoms with E-state index in [1.54, 1.807) is 0 Å². The second-order valence-electron chi connectivity index (χ2n) is 6.90. The Labute approximate surface area is 155 Å². The summed E-state index contributed by atoms with van der Waals surface area (Å²) in [5.74, 6) is 0.327. The van der Waals surface area contributed by atoms with Crippen molar-refractivity contribution in [1.29, 1.82) is 0 Å². The minimum absolute atomic E-state index is 0.241. The molecule has 2 heterocycles. The SMILES string of the molecule is C=c1cc(F)cc/c1=C(/C=C\C)CCc1cccc(C2CCNCC2)n1. The first-order valence-electron chi connectivity index (χ1n) is 9.44. The van der Waals surface area contributed by atoms with Crippen molar-refractivity contribution in [3.05, 3.63) is 76.2 Å². The summed E-state index contributed by atoms with van der Waals surface area (Å²) in [7, 11) is 0. The number of hydrogen-bond donors (Lipinski definition) is 1. The predicted molar refractivity (Wildman–Crippen MR) is 107 cm³/mol. The molecule has 1 fully saturated rings. The van der Waals surface area contributed by atoms with E-state index in [0.717, 1.165) is 54.9 Å². The van der Waals surface area contributed by atoms with E-state index >= 15 is 0 Å². The zero-order valence-electron chi connectivity index (χ0n) is 15.5. The molecule has 1 saturated heterocycles. The minimum Gasteiger partial charge on any atom is -0.317 e. The van der Waals surface area contributed by atoms with Crippen LogP contribution in [-0.4, -0.2) is 18.1 Å². The first kappa shape index (κ1) is 18.5. The van der Waals surface area contributed by atoms with Gasteiger partial charge in [0.1, 0.15) is 5.82 Å². The van der Waals surface area contributed by atoms with Crippen molar-refractivity contribution in [3.63, 3.8) is 0 Å². The average Bonchev–Trinajstić information content (AvgIpc) is 2.66. The van der Waals surface area contributed by atoms with Gasteiger partial charge in [-0.05, 0) is 86.0 Å². The number of aromatic nitrogens is 1. The quantitative estimate of drug-likeness (QED) is 0.893. The highest BCUT2D eigenvalue weighted by atomic mass is 19.1. The third kappa shape index (κ3) is 4.67. The van der Waals surface area contributed by atoms with Crippen molar-refractivity contribution in [2.45, 2.75) is 38.5 Å². The lowest BCUT2D eigenvalue weighted by Crippen LogP contribution is -2.27. The zero-order chi connectivity index (χ0) is 18.4. The molecule has 3 heteroatoms. The summed E-state index contributed by atoms with van der Waals surface area (Å²) in [6.07, 6.45) is 8.17. The molecule has 0 spiro atoms. The molecule has 0 amide bonds. The van der Waals surface area contributed by atoms with E-state index in [1.807, 2.05) is 19.1 Å². The highest BCUT2D eigenvalue weighted by molar-refractivity contribution is 5.57. The van der Waals surface area contributed by atoms with Gasteiger partial charge in [0.25, 0.3) is 0 Å². The molecule has 0 radical (unpaired) electrons. The van der Waals surface area contributed by atoms with Gasteiger partial charge in [0.2, 0.25) is 0 Å². The molecule has 136 valence electrons. The van der Waals surface area contributed by atoms with Crippen LogP contribution in [0.5, 0.6) is 0 Å². The maximum atomic E-state index is 13.4. The topological polar surface area (TPSA) is 24.9 Å². The van der Waals surface area contributed by atoms with Gasteiger partial charge >= 0.3 is 0 Å². The van der Waals surface area contributed by atoms with Gasteiger partial charge in [-0.25, -0.2) is 4.39 Å². The fourth-order valence-electron chi connectivity index (χ4n) is 3.63. The van der Waals surface area contributed by atoms with Crippen LogP contribution in [0, 0.1) is 5.82 Å². The van der Waals surface area contributed by atoms with Crippen LogP contribution in [0.1, 0.15) is 43.5 Å². The number of pyridine rings is 1. The molecule has 26 heavy (non-hydrogen) atoms. The first-order chi connectivity index (χ1) is 12.7. The molecule has 2 aromatic rings. The Morgan fingerprint density at radius 1 is 1.27 bits per heavy atom. The van der Waals surface area contributed by atoms with E-state index in [2.05, 4.69) is 36.2 Å². The fraction of sp³-hybridized carbons (Fsp3) is 0.348. The molecule has 0 saturated carbocycles. The van der Waals surface area contributed by atoms with Crippen LogP contribution in [0.25, 0.3) is 12.2 Å². The standard InChI is InChI=1S/C23H27FN2/c1-3-5-18(22-11-9-20(24)16-17(22)2)8-10-21-6-4-7-23(26-21)19-12-14-25-15-13-19/h3-7,9,11,16,19,25H,2,8,10,12-15H2,1H3/b5-3-,22-18+. The number of aryl methyl sites for hydroxylation is 1. The van der Waals surface area contributed by atoms with Crippen LogP contribution in [-0.2, 0) is 6.42 Å². The van der Waals surface area contributed by atoms with Crippen LogP contribution in [0.15, 0.2) is 48.6 Å². The zero-order valence-corrected chi connectivity index (χ0v) is 15.5. The van der Waals surface area contributed by atoms with Crippen molar-refractivity contribution in [2.24, 2.45) is 0 Å². The summed E-state index contributed by atoms with van der Waals surface area (Å²) < 4.78 is 13.4. The molecule has 3 rings (SSSR count). The van der Waals surface area contributed by atoms with Gasteiger partial charge < -0.3 is 5.32 Å². The van der Waals surface area contributed by atoms with Gasteiger partial charge in [0.15, 0.2) is 0 Å². The number of benzene rings is 1. The number of halogens is 1. The van der Waals surface area contributed by atoms with E-state index in [1.165, 1.54) is 23.4 Å². The van der Waals surface area contributed by atoms with Crippen LogP contribution < -0.4 is 15.8 Å². The van der Waals surface area contributed by atoms with Crippen LogP contribution >= 0.6 is 0 Å². The normalized spacial score (nSPS) is 16.8. The lowest BCUT2D eigenvalue weighted by Gasteiger charge is -2.22. The van der Waals surface area contributed by atoms with Gasteiger partial charge in [-0.2, -0.15) is 0 Å². The van der Waals surface area contributed by atoms with Crippen molar-refractivity contribution < 1.29 is 4.39 Å². The summed E-state index contributed by atoms with van der Waals surface area (Å²) in [5, 5.41) is 5.15. The number of nitrogens with zero attached hydrogens (tertiary/aromatic N) is 1. The third-order valence-electron chi connectivity index (χ3n) is 5.02. The number of allylic oxidation sites excluding steroid dienone is 2. The Morgan fingerprint density at radius 3 is 2.81 bits per heavy atom. The summed E-state index contributed by atoms with van der Waals surface area (Å²) in [5.41, 5.74) is 3.51. The Morgan fingerprint density at radius 2 is 2.08 bits per heavy atom. The van der Waals surface area contributed by atoms with Crippen molar-refractivity contribution in [2.75, 3.05) is 13.1 Å². The highest BCUT2D eigenvalue weighted by Crippen LogP contribution is 2.23. The van der Waals surface area contributed by atoms with E-state index in [9.17, 15) is 4.39 Å². The van der Waals surface area contributed by atoms with E-state index < -0.39 is 0 Å². The molecule has 0 unspecified atom stereocenters. The fourth-order valence-corrected chi connectivity index (χ4v) is 3.63. The number of piperidine rings is 1. The lowest BCUT2D eigenvalue weighted by atomic mass is 9.94. The predicted octanol–water partition coefficient (Wildman–Crippen LogP) is 3.46. The van der Waals surface area contributed by atoms with Crippen molar-refractivity contribution >= 4 is 12.2 Å². The largest absolute Gasteiger partial charge is 0.317 e. The monoisotopic (exact) mass is 350 g/mol. The Balaban J connectivity index is 1.81. The van der Waals surface area contributed by atoms with E-state index in [-0.39, 0.29) is 5.82 Å². The molecular weight excluding hydrogens is 323 g/mol. The smallest absolute Gasteiger partial charge is 0.123 e. The van der Waals surface area contributed by atoms with Gasteiger partial charge in [-0.15, -0.1) is 0 Å². The maximum Gasteiger partial charge on any atom is 0.123 e. The van der Waals surface area contributed by atoms with Gasteiger partial charge in [0.05, 0.1) is 0 Å². The lowest BCUT2D eigenvalue weighted by molar-refractivity contribution is 0.452. The molecule has 1 aliphatic rings. The van der Waals surface area contributed by atoms with E-state index in [0.29, 0.717) is 5.92 Å². The first-order valence-corrected chi connectivity index (χ1v) is 9.44. The summed E-state index contributed by atoms with van der Waals surface area (Å²) >= 11 is 0. The molecule has 0 bridgehead atoms. The molecule has 1 N–H and O–H groups in total. The van der Waals surface area contributed by atoms with Crippen LogP contribution in [0.4, 0.5) is 4.39 Å². The van der Waals surface area contributed by atoms with Gasteiger partial charge in [0, 0.05) is 17.3 Å².